The van der Waals surface area contributed by atoms with Crippen LogP contribution in [0.1, 0.15) is 43.7 Å². The molecule has 150 valence electrons. The zero-order chi connectivity index (χ0) is 20.6. The lowest BCUT2D eigenvalue weighted by Gasteiger charge is -2.28. The smallest absolute Gasteiger partial charge is 0.458 e. The van der Waals surface area contributed by atoms with Crippen LogP contribution >= 0.6 is 0 Å². The van der Waals surface area contributed by atoms with E-state index in [2.05, 4.69) is 37.8 Å². The van der Waals surface area contributed by atoms with Crippen LogP contribution in [0.15, 0.2) is 78.4 Å². The Morgan fingerprint density at radius 2 is 1.97 bits per heavy atom. The molecule has 1 atom stereocenters. The first-order valence-electron chi connectivity index (χ1n) is 10.3. The SMILES string of the molecule is C=C(CCC)C1=CCB(O)OC1CC/C(=C/c1cccc(O)c1)c1ccccc1. The van der Waals surface area contributed by atoms with Gasteiger partial charge in [0.05, 0.1) is 6.10 Å². The summed E-state index contributed by atoms with van der Waals surface area (Å²) in [7, 11) is -0.756. The number of rotatable bonds is 8. The molecular formula is C25H29BO3. The molecular weight excluding hydrogens is 359 g/mol. The van der Waals surface area contributed by atoms with Gasteiger partial charge < -0.3 is 14.8 Å². The molecule has 3 nitrogen and oxygen atoms in total. The number of hydrogen-bond acceptors (Lipinski definition) is 3. The standard InChI is InChI=1S/C25H29BO3/c1-3-8-19(2)24-15-16-26(28)29-25(24)14-13-22(21-10-5-4-6-11-21)17-20-9-7-12-23(27)18-20/h4-7,9-12,15,17-18,25,27-28H,2-3,8,13-14,16H2,1H3/b22-17-. The molecule has 0 aliphatic carbocycles. The summed E-state index contributed by atoms with van der Waals surface area (Å²) < 4.78 is 5.88. The maximum atomic E-state index is 10.0. The van der Waals surface area contributed by atoms with E-state index in [0.29, 0.717) is 6.32 Å². The predicted molar refractivity (Wildman–Crippen MR) is 121 cm³/mol. The molecule has 1 unspecified atom stereocenters. The third-order valence-electron chi connectivity index (χ3n) is 5.20. The fourth-order valence-electron chi connectivity index (χ4n) is 3.77. The highest BCUT2D eigenvalue weighted by Crippen LogP contribution is 2.32. The molecule has 0 bridgehead atoms. The summed E-state index contributed by atoms with van der Waals surface area (Å²) in [5.74, 6) is 0.256. The van der Waals surface area contributed by atoms with Crippen LogP contribution in [-0.4, -0.2) is 23.4 Å². The topological polar surface area (TPSA) is 49.7 Å². The van der Waals surface area contributed by atoms with Gasteiger partial charge >= 0.3 is 7.12 Å². The monoisotopic (exact) mass is 388 g/mol. The zero-order valence-electron chi connectivity index (χ0n) is 17.1. The molecule has 1 aliphatic rings. The summed E-state index contributed by atoms with van der Waals surface area (Å²) in [5.41, 5.74) is 5.49. The first-order valence-corrected chi connectivity index (χ1v) is 10.3. The molecule has 4 heteroatoms. The Hall–Kier alpha value is -2.56. The molecule has 0 saturated carbocycles. The molecule has 0 aromatic heterocycles. The van der Waals surface area contributed by atoms with Crippen LogP contribution in [0.25, 0.3) is 11.6 Å². The van der Waals surface area contributed by atoms with E-state index >= 15 is 0 Å². The van der Waals surface area contributed by atoms with Crippen molar-refractivity contribution >= 4 is 18.8 Å². The fraction of sp³-hybridized carbons (Fsp3) is 0.280. The lowest BCUT2D eigenvalue weighted by molar-refractivity contribution is 0.184. The Morgan fingerprint density at radius 1 is 1.17 bits per heavy atom. The molecule has 1 heterocycles. The highest BCUT2D eigenvalue weighted by atomic mass is 16.5. The third-order valence-corrected chi connectivity index (χ3v) is 5.20. The van der Waals surface area contributed by atoms with Gasteiger partial charge in [-0.05, 0) is 59.2 Å². The Labute approximate surface area is 174 Å². The van der Waals surface area contributed by atoms with E-state index in [9.17, 15) is 10.1 Å². The lowest BCUT2D eigenvalue weighted by Crippen LogP contribution is -2.31. The van der Waals surface area contributed by atoms with Crippen molar-refractivity contribution in [3.05, 3.63) is 89.5 Å². The van der Waals surface area contributed by atoms with E-state index in [-0.39, 0.29) is 11.9 Å². The van der Waals surface area contributed by atoms with E-state index in [4.69, 9.17) is 4.65 Å². The van der Waals surface area contributed by atoms with Gasteiger partial charge in [0.25, 0.3) is 0 Å². The second-order valence-corrected chi connectivity index (χ2v) is 7.50. The van der Waals surface area contributed by atoms with E-state index in [0.717, 1.165) is 48.0 Å². The van der Waals surface area contributed by atoms with Crippen LogP contribution < -0.4 is 0 Å². The van der Waals surface area contributed by atoms with Gasteiger partial charge in [0, 0.05) is 6.32 Å². The number of benzene rings is 2. The summed E-state index contributed by atoms with van der Waals surface area (Å²) in [6.07, 6.45) is 8.06. The van der Waals surface area contributed by atoms with Crippen molar-refractivity contribution < 1.29 is 14.8 Å². The summed E-state index contributed by atoms with van der Waals surface area (Å²) >= 11 is 0. The lowest BCUT2D eigenvalue weighted by atomic mass is 9.77. The van der Waals surface area contributed by atoms with Gasteiger partial charge in [-0.3, -0.25) is 0 Å². The molecule has 0 radical (unpaired) electrons. The zero-order valence-corrected chi connectivity index (χ0v) is 17.1. The number of aromatic hydroxyl groups is 1. The Kier molecular flexibility index (Phi) is 7.51. The van der Waals surface area contributed by atoms with Gasteiger partial charge in [0.15, 0.2) is 0 Å². The fourth-order valence-corrected chi connectivity index (χ4v) is 3.77. The highest BCUT2D eigenvalue weighted by Gasteiger charge is 2.28. The molecule has 0 fully saturated rings. The number of phenolic OH excluding ortho intramolecular Hbond substituents is 1. The molecule has 2 aromatic carbocycles. The molecule has 0 spiro atoms. The number of phenols is 1. The Bertz CT molecular complexity index is 886. The molecule has 0 amide bonds. The Morgan fingerprint density at radius 3 is 2.69 bits per heavy atom. The van der Waals surface area contributed by atoms with Gasteiger partial charge in [0.1, 0.15) is 5.75 Å². The van der Waals surface area contributed by atoms with E-state index < -0.39 is 7.12 Å². The van der Waals surface area contributed by atoms with Crippen LogP contribution in [0.3, 0.4) is 0 Å². The molecule has 2 N–H and O–H groups in total. The van der Waals surface area contributed by atoms with Crippen molar-refractivity contribution in [3.63, 3.8) is 0 Å². The van der Waals surface area contributed by atoms with Crippen LogP contribution in [-0.2, 0) is 4.65 Å². The molecule has 29 heavy (non-hydrogen) atoms. The highest BCUT2D eigenvalue weighted by molar-refractivity contribution is 6.43. The average Bonchev–Trinajstić information content (AvgIpc) is 2.72. The number of hydrogen-bond donors (Lipinski definition) is 2. The minimum Gasteiger partial charge on any atom is -0.508 e. The minimum atomic E-state index is -0.756. The van der Waals surface area contributed by atoms with Crippen LogP contribution in [0.2, 0.25) is 6.32 Å². The quantitative estimate of drug-likeness (QED) is 0.439. The van der Waals surface area contributed by atoms with Crippen molar-refractivity contribution in [3.8, 4) is 5.75 Å². The van der Waals surface area contributed by atoms with Crippen molar-refractivity contribution in [2.24, 2.45) is 0 Å². The van der Waals surface area contributed by atoms with Gasteiger partial charge in [-0.15, -0.1) is 0 Å². The van der Waals surface area contributed by atoms with E-state index in [1.807, 2.05) is 30.3 Å². The maximum absolute atomic E-state index is 10.0. The summed E-state index contributed by atoms with van der Waals surface area (Å²) in [4.78, 5) is 0. The summed E-state index contributed by atoms with van der Waals surface area (Å²) in [6.45, 7) is 6.38. The average molecular weight is 388 g/mol. The summed E-state index contributed by atoms with van der Waals surface area (Å²) in [6, 6.07) is 17.5. The largest absolute Gasteiger partial charge is 0.508 e. The normalized spacial score (nSPS) is 17.2. The molecule has 1 aliphatic heterocycles. The van der Waals surface area contributed by atoms with Gasteiger partial charge in [-0.25, -0.2) is 0 Å². The maximum Gasteiger partial charge on any atom is 0.458 e. The second kappa shape index (κ2) is 10.3. The van der Waals surface area contributed by atoms with Crippen molar-refractivity contribution in [2.75, 3.05) is 0 Å². The van der Waals surface area contributed by atoms with Gasteiger partial charge in [0.2, 0.25) is 0 Å². The first-order chi connectivity index (χ1) is 14.1. The first kappa shape index (κ1) is 21.2. The second-order valence-electron chi connectivity index (χ2n) is 7.50. The van der Waals surface area contributed by atoms with Gasteiger partial charge in [-0.2, -0.15) is 0 Å². The van der Waals surface area contributed by atoms with Gasteiger partial charge in [-0.1, -0.05) is 74.5 Å². The van der Waals surface area contributed by atoms with Crippen LogP contribution in [0.4, 0.5) is 0 Å². The van der Waals surface area contributed by atoms with Crippen LogP contribution in [0.5, 0.6) is 5.75 Å². The molecule has 2 aromatic rings. The van der Waals surface area contributed by atoms with E-state index in [1.54, 1.807) is 12.1 Å². The van der Waals surface area contributed by atoms with Crippen LogP contribution in [0, 0.1) is 0 Å². The summed E-state index contributed by atoms with van der Waals surface area (Å²) in [5, 5.41) is 19.8. The van der Waals surface area contributed by atoms with Crippen molar-refractivity contribution in [1.29, 1.82) is 0 Å². The molecule has 0 saturated heterocycles. The number of allylic oxidation sites excluding steroid dienone is 2. The predicted octanol–water partition coefficient (Wildman–Crippen LogP) is 5.88. The minimum absolute atomic E-state index is 0.158. The molecule has 3 rings (SSSR count). The van der Waals surface area contributed by atoms with Crippen molar-refractivity contribution in [1.82, 2.24) is 0 Å². The third kappa shape index (κ3) is 5.96. The Balaban J connectivity index is 1.83. The van der Waals surface area contributed by atoms with E-state index in [1.165, 1.54) is 5.57 Å². The van der Waals surface area contributed by atoms with Crippen molar-refractivity contribution in [2.45, 2.75) is 45.0 Å².